The summed E-state index contributed by atoms with van der Waals surface area (Å²) in [5, 5.41) is 9.85. The van der Waals surface area contributed by atoms with Crippen molar-refractivity contribution in [3.05, 3.63) is 72.2 Å². The lowest BCUT2D eigenvalue weighted by Crippen LogP contribution is -2.11. The van der Waals surface area contributed by atoms with E-state index in [-0.39, 0.29) is 30.0 Å². The lowest BCUT2D eigenvalue weighted by atomic mass is 10.1. The van der Waals surface area contributed by atoms with E-state index in [0.717, 1.165) is 5.56 Å². The number of nitrogens with two attached hydrogens (primary N) is 1. The largest absolute Gasteiger partial charge is 0.495 e. The van der Waals surface area contributed by atoms with E-state index in [1.807, 2.05) is 42.5 Å². The molecule has 2 heterocycles. The number of anilines is 3. The minimum atomic E-state index is -0.590. The summed E-state index contributed by atoms with van der Waals surface area (Å²) < 4.78 is 10.6. The molecule has 0 aliphatic carbocycles. The van der Waals surface area contributed by atoms with Crippen LogP contribution in [0, 0.1) is 0 Å². The number of nitrogen functional groups attached to an aromatic ring is 1. The first kappa shape index (κ1) is 19.8. The smallest absolute Gasteiger partial charge is 0.356 e. The molecule has 0 bridgehead atoms. The second kappa shape index (κ2) is 8.91. The molecule has 4 rings (SSSR count). The number of nitrogens with one attached hydrogen (secondary N) is 2. The summed E-state index contributed by atoms with van der Waals surface area (Å²) in [5.41, 5.74) is 8.18. The summed E-state index contributed by atoms with van der Waals surface area (Å²) in [6.07, 6.45) is 0. The molecule has 10 heteroatoms. The highest BCUT2D eigenvalue weighted by molar-refractivity contribution is 5.88. The molecule has 0 aliphatic heterocycles. The van der Waals surface area contributed by atoms with Crippen LogP contribution in [-0.4, -0.2) is 38.2 Å². The summed E-state index contributed by atoms with van der Waals surface area (Å²) in [4.78, 5) is 24.7. The summed E-state index contributed by atoms with van der Waals surface area (Å²) >= 11 is 0. The Morgan fingerprint density at radius 3 is 2.65 bits per heavy atom. The van der Waals surface area contributed by atoms with Crippen LogP contribution in [0.5, 0.6) is 5.75 Å². The van der Waals surface area contributed by atoms with E-state index in [1.54, 1.807) is 25.3 Å². The standard InChI is InChI=1S/C21H19N7O3/c1-30-17-10-6-5-9-14(17)23-21-25-18(24-20(22)26-21)12-31-19(29)16-11-15(27-28-16)13-7-3-2-4-8-13/h2-11H,12H2,1H3,(H,27,28)(H3,22,23,24,25,26). The van der Waals surface area contributed by atoms with Crippen molar-refractivity contribution in [2.45, 2.75) is 6.61 Å². The van der Waals surface area contributed by atoms with Crippen molar-refractivity contribution in [1.29, 1.82) is 0 Å². The Morgan fingerprint density at radius 1 is 1.06 bits per heavy atom. The molecule has 0 spiro atoms. The average Bonchev–Trinajstić information content (AvgIpc) is 3.29. The van der Waals surface area contributed by atoms with Gasteiger partial charge in [0.1, 0.15) is 11.4 Å². The first-order valence-corrected chi connectivity index (χ1v) is 9.31. The molecule has 0 atom stereocenters. The number of nitrogens with zero attached hydrogens (tertiary/aromatic N) is 4. The Bertz CT molecular complexity index is 1190. The zero-order valence-corrected chi connectivity index (χ0v) is 16.6. The molecule has 4 aromatic rings. The van der Waals surface area contributed by atoms with E-state index < -0.39 is 5.97 Å². The van der Waals surface area contributed by atoms with Crippen LogP contribution < -0.4 is 15.8 Å². The van der Waals surface area contributed by atoms with Crippen LogP contribution in [0.25, 0.3) is 11.3 Å². The molecular weight excluding hydrogens is 398 g/mol. The third-order valence-electron chi connectivity index (χ3n) is 4.25. The van der Waals surface area contributed by atoms with Crippen molar-refractivity contribution in [2.24, 2.45) is 0 Å². The maximum atomic E-state index is 12.4. The van der Waals surface area contributed by atoms with Crippen LogP contribution in [0.1, 0.15) is 16.3 Å². The highest BCUT2D eigenvalue weighted by atomic mass is 16.5. The van der Waals surface area contributed by atoms with E-state index in [1.165, 1.54) is 0 Å². The SMILES string of the molecule is COc1ccccc1Nc1nc(N)nc(COC(=O)c2cc(-c3ccccc3)n[nH]2)n1. The maximum absolute atomic E-state index is 12.4. The Morgan fingerprint density at radius 2 is 1.84 bits per heavy atom. The van der Waals surface area contributed by atoms with E-state index >= 15 is 0 Å². The number of esters is 1. The number of methoxy groups -OCH3 is 1. The fourth-order valence-electron chi connectivity index (χ4n) is 2.82. The highest BCUT2D eigenvalue weighted by Gasteiger charge is 2.14. The van der Waals surface area contributed by atoms with Gasteiger partial charge in [-0.05, 0) is 18.2 Å². The number of carbonyl (C=O) groups excluding carboxylic acids is 1. The topological polar surface area (TPSA) is 141 Å². The summed E-state index contributed by atoms with van der Waals surface area (Å²) in [6, 6.07) is 18.4. The summed E-state index contributed by atoms with van der Waals surface area (Å²) in [5.74, 6) is 0.416. The van der Waals surface area contributed by atoms with Crippen molar-refractivity contribution < 1.29 is 14.3 Å². The van der Waals surface area contributed by atoms with E-state index in [4.69, 9.17) is 15.2 Å². The molecule has 31 heavy (non-hydrogen) atoms. The van der Waals surface area contributed by atoms with Crippen molar-refractivity contribution >= 4 is 23.6 Å². The van der Waals surface area contributed by atoms with Gasteiger partial charge in [-0.25, -0.2) is 4.79 Å². The molecule has 2 aromatic heterocycles. The van der Waals surface area contributed by atoms with Gasteiger partial charge in [0.15, 0.2) is 12.4 Å². The van der Waals surface area contributed by atoms with E-state index in [2.05, 4.69) is 30.5 Å². The number of hydrogen-bond acceptors (Lipinski definition) is 9. The van der Waals surface area contributed by atoms with Crippen molar-refractivity contribution in [3.8, 4) is 17.0 Å². The zero-order valence-electron chi connectivity index (χ0n) is 16.6. The molecule has 4 N–H and O–H groups in total. The number of para-hydroxylation sites is 2. The van der Waals surface area contributed by atoms with Crippen LogP contribution in [0.3, 0.4) is 0 Å². The summed E-state index contributed by atoms with van der Waals surface area (Å²) in [7, 11) is 1.56. The Balaban J connectivity index is 1.44. The number of aromatic nitrogens is 5. The molecule has 0 saturated heterocycles. The number of hydrogen-bond donors (Lipinski definition) is 3. The fourth-order valence-corrected chi connectivity index (χ4v) is 2.82. The molecule has 0 radical (unpaired) electrons. The first-order valence-electron chi connectivity index (χ1n) is 9.31. The number of carbonyl (C=O) groups is 1. The number of aromatic amines is 1. The van der Waals surface area contributed by atoms with Crippen LogP contribution in [0.4, 0.5) is 17.6 Å². The number of H-pyrrole nitrogens is 1. The lowest BCUT2D eigenvalue weighted by molar-refractivity contribution is 0.0455. The van der Waals surface area contributed by atoms with Gasteiger partial charge in [-0.3, -0.25) is 5.10 Å². The van der Waals surface area contributed by atoms with Crippen molar-refractivity contribution in [2.75, 3.05) is 18.2 Å². The van der Waals surface area contributed by atoms with E-state index in [9.17, 15) is 4.79 Å². The van der Waals surface area contributed by atoms with Crippen molar-refractivity contribution in [3.63, 3.8) is 0 Å². The molecule has 10 nitrogen and oxygen atoms in total. The predicted octanol–water partition coefficient (Wildman–Crippen LogP) is 2.95. The molecule has 2 aromatic carbocycles. The Hall–Kier alpha value is -4.47. The van der Waals surface area contributed by atoms with Gasteiger partial charge in [0.25, 0.3) is 0 Å². The second-order valence-corrected chi connectivity index (χ2v) is 6.37. The third-order valence-corrected chi connectivity index (χ3v) is 4.25. The molecule has 0 unspecified atom stereocenters. The van der Waals surface area contributed by atoms with Gasteiger partial charge in [0, 0.05) is 5.56 Å². The number of rotatable bonds is 7. The third kappa shape index (κ3) is 4.75. The van der Waals surface area contributed by atoms with Gasteiger partial charge in [-0.15, -0.1) is 0 Å². The number of benzene rings is 2. The minimum absolute atomic E-state index is 0.00801. The van der Waals surface area contributed by atoms with Crippen LogP contribution >= 0.6 is 0 Å². The van der Waals surface area contributed by atoms with Gasteiger partial charge in [-0.1, -0.05) is 42.5 Å². The second-order valence-electron chi connectivity index (χ2n) is 6.37. The van der Waals surface area contributed by atoms with Gasteiger partial charge in [0.2, 0.25) is 11.9 Å². The van der Waals surface area contributed by atoms with Gasteiger partial charge in [0.05, 0.1) is 18.5 Å². The van der Waals surface area contributed by atoms with Gasteiger partial charge >= 0.3 is 5.97 Å². The van der Waals surface area contributed by atoms with Crippen LogP contribution in [0.2, 0.25) is 0 Å². The maximum Gasteiger partial charge on any atom is 0.356 e. The van der Waals surface area contributed by atoms with Crippen LogP contribution in [-0.2, 0) is 11.3 Å². The van der Waals surface area contributed by atoms with Crippen LogP contribution in [0.15, 0.2) is 60.7 Å². The van der Waals surface area contributed by atoms with Gasteiger partial charge < -0.3 is 20.5 Å². The quantitative estimate of drug-likeness (QED) is 0.387. The summed E-state index contributed by atoms with van der Waals surface area (Å²) in [6.45, 7) is -0.189. The average molecular weight is 417 g/mol. The monoisotopic (exact) mass is 417 g/mol. The normalized spacial score (nSPS) is 10.5. The lowest BCUT2D eigenvalue weighted by Gasteiger charge is -2.10. The predicted molar refractivity (Wildman–Crippen MR) is 114 cm³/mol. The molecule has 0 saturated carbocycles. The van der Waals surface area contributed by atoms with E-state index in [0.29, 0.717) is 17.1 Å². The zero-order chi connectivity index (χ0) is 21.6. The number of ether oxygens (including phenoxy) is 2. The fraction of sp³-hybridized carbons (Fsp3) is 0.0952. The molecule has 156 valence electrons. The Labute approximate surface area is 177 Å². The first-order chi connectivity index (χ1) is 15.1. The minimum Gasteiger partial charge on any atom is -0.495 e. The van der Waals surface area contributed by atoms with Crippen molar-refractivity contribution in [1.82, 2.24) is 25.1 Å². The molecular formula is C21H19N7O3. The molecule has 0 amide bonds. The molecule has 0 aliphatic rings. The molecule has 0 fully saturated rings. The highest BCUT2D eigenvalue weighted by Crippen LogP contribution is 2.25. The van der Waals surface area contributed by atoms with Gasteiger partial charge in [-0.2, -0.15) is 20.1 Å². The Kier molecular flexibility index (Phi) is 5.70.